The Morgan fingerprint density at radius 1 is 1.59 bits per heavy atom. The number of hydrogen-bond acceptors (Lipinski definition) is 4. The third-order valence-corrected chi connectivity index (χ3v) is 2.42. The van der Waals surface area contributed by atoms with Crippen LogP contribution in [0.2, 0.25) is 0 Å². The van der Waals surface area contributed by atoms with Crippen molar-refractivity contribution in [2.24, 2.45) is 5.73 Å². The smallest absolute Gasteiger partial charge is 0.256 e. The highest BCUT2D eigenvalue weighted by Gasteiger charge is 2.13. The van der Waals surface area contributed by atoms with E-state index in [9.17, 15) is 4.79 Å². The molecule has 0 fully saturated rings. The van der Waals surface area contributed by atoms with Crippen molar-refractivity contribution >= 4 is 11.6 Å². The van der Waals surface area contributed by atoms with Crippen LogP contribution in [-0.2, 0) is 0 Å². The van der Waals surface area contributed by atoms with E-state index >= 15 is 0 Å². The number of nitrogens with zero attached hydrogens (tertiary/aromatic N) is 3. The summed E-state index contributed by atoms with van der Waals surface area (Å²) in [6.45, 7) is 3.01. The molecule has 2 rings (SSSR count). The molecule has 0 bridgehead atoms. The second-order valence-corrected chi connectivity index (χ2v) is 3.79. The first kappa shape index (κ1) is 11.5. The van der Waals surface area contributed by atoms with Gasteiger partial charge in [-0.3, -0.25) is 4.79 Å². The molecule has 90 valence electrons. The van der Waals surface area contributed by atoms with Crippen LogP contribution < -0.4 is 11.1 Å². The van der Waals surface area contributed by atoms with Crippen molar-refractivity contribution in [3.63, 3.8) is 0 Å². The van der Waals surface area contributed by atoms with Gasteiger partial charge in [0.25, 0.3) is 5.91 Å². The maximum Gasteiger partial charge on any atom is 0.256 e. The zero-order valence-corrected chi connectivity index (χ0v) is 9.68. The fourth-order valence-electron chi connectivity index (χ4n) is 1.52. The molecule has 0 aromatic carbocycles. The van der Waals surface area contributed by atoms with Gasteiger partial charge in [-0.1, -0.05) is 0 Å². The Labute approximate surface area is 98.8 Å². The number of rotatable bonds is 4. The number of nitrogens with two attached hydrogens (primary N) is 1. The standard InChI is InChI=1S/C11H15N5O/c1-8-3-6-16-10(15-8)9(7-14-16)11(17)13-5-2-4-12/h3,6-7H,2,4-5,12H2,1H3,(H,13,17). The third kappa shape index (κ3) is 2.42. The molecular weight excluding hydrogens is 218 g/mol. The highest BCUT2D eigenvalue weighted by molar-refractivity contribution is 5.99. The zero-order valence-electron chi connectivity index (χ0n) is 9.68. The maximum absolute atomic E-state index is 11.9. The van der Waals surface area contributed by atoms with Gasteiger partial charge < -0.3 is 11.1 Å². The molecule has 0 saturated heterocycles. The van der Waals surface area contributed by atoms with Crippen LogP contribution in [0.1, 0.15) is 22.5 Å². The van der Waals surface area contributed by atoms with Gasteiger partial charge >= 0.3 is 0 Å². The van der Waals surface area contributed by atoms with Gasteiger partial charge in [-0.05, 0) is 26.0 Å². The second-order valence-electron chi connectivity index (χ2n) is 3.79. The van der Waals surface area contributed by atoms with Crippen LogP contribution in [0.25, 0.3) is 5.65 Å². The Balaban J connectivity index is 2.23. The van der Waals surface area contributed by atoms with E-state index in [-0.39, 0.29) is 5.91 Å². The van der Waals surface area contributed by atoms with Crippen LogP contribution in [-0.4, -0.2) is 33.6 Å². The van der Waals surface area contributed by atoms with Crippen molar-refractivity contribution in [1.82, 2.24) is 19.9 Å². The summed E-state index contributed by atoms with van der Waals surface area (Å²) < 4.78 is 1.59. The molecule has 17 heavy (non-hydrogen) atoms. The molecular formula is C11H15N5O. The summed E-state index contributed by atoms with van der Waals surface area (Å²) in [5, 5.41) is 6.86. The Hall–Kier alpha value is -1.95. The average Bonchev–Trinajstić information content (AvgIpc) is 2.72. The third-order valence-electron chi connectivity index (χ3n) is 2.42. The molecule has 6 nitrogen and oxygen atoms in total. The van der Waals surface area contributed by atoms with Crippen LogP contribution in [0.15, 0.2) is 18.5 Å². The summed E-state index contributed by atoms with van der Waals surface area (Å²) in [4.78, 5) is 16.2. The minimum absolute atomic E-state index is 0.161. The Morgan fingerprint density at radius 3 is 3.18 bits per heavy atom. The van der Waals surface area contributed by atoms with E-state index in [4.69, 9.17) is 5.73 Å². The Kier molecular flexibility index (Phi) is 3.34. The van der Waals surface area contributed by atoms with Gasteiger partial charge in [0.1, 0.15) is 5.56 Å². The molecule has 2 aromatic heterocycles. The van der Waals surface area contributed by atoms with Crippen molar-refractivity contribution in [3.05, 3.63) is 29.7 Å². The van der Waals surface area contributed by atoms with Gasteiger partial charge in [-0.25, -0.2) is 9.50 Å². The molecule has 0 unspecified atom stereocenters. The fraction of sp³-hybridized carbons (Fsp3) is 0.364. The summed E-state index contributed by atoms with van der Waals surface area (Å²) in [5.74, 6) is -0.161. The number of nitrogens with one attached hydrogen (secondary N) is 1. The number of carbonyl (C=O) groups is 1. The second kappa shape index (κ2) is 4.92. The van der Waals surface area contributed by atoms with Crippen molar-refractivity contribution in [1.29, 1.82) is 0 Å². The number of carbonyl (C=O) groups excluding carboxylic acids is 1. The van der Waals surface area contributed by atoms with Gasteiger partial charge in [0.05, 0.1) is 6.20 Å². The van der Waals surface area contributed by atoms with Gasteiger partial charge in [0.2, 0.25) is 0 Å². The summed E-state index contributed by atoms with van der Waals surface area (Å²) in [6.07, 6.45) is 4.07. The summed E-state index contributed by atoms with van der Waals surface area (Å²) in [7, 11) is 0. The highest BCUT2D eigenvalue weighted by Crippen LogP contribution is 2.08. The lowest BCUT2D eigenvalue weighted by molar-refractivity contribution is 0.0955. The largest absolute Gasteiger partial charge is 0.352 e. The first-order chi connectivity index (χ1) is 8.22. The first-order valence-corrected chi connectivity index (χ1v) is 5.51. The van der Waals surface area contributed by atoms with Crippen molar-refractivity contribution in [2.45, 2.75) is 13.3 Å². The normalized spacial score (nSPS) is 10.7. The predicted octanol–water partition coefficient (Wildman–Crippen LogP) is 0.116. The minimum Gasteiger partial charge on any atom is -0.352 e. The SMILES string of the molecule is Cc1ccn2ncc(C(=O)NCCCN)c2n1. The van der Waals surface area contributed by atoms with E-state index in [1.165, 1.54) is 6.20 Å². The topological polar surface area (TPSA) is 85.3 Å². The van der Waals surface area contributed by atoms with Crippen LogP contribution in [0.4, 0.5) is 0 Å². The van der Waals surface area contributed by atoms with Crippen LogP contribution in [0, 0.1) is 6.92 Å². The summed E-state index contributed by atoms with van der Waals surface area (Å²) in [5.41, 5.74) is 7.29. The summed E-state index contributed by atoms with van der Waals surface area (Å²) >= 11 is 0. The molecule has 0 aliphatic rings. The number of amides is 1. The molecule has 6 heteroatoms. The van der Waals surface area contributed by atoms with Crippen molar-refractivity contribution < 1.29 is 4.79 Å². The lowest BCUT2D eigenvalue weighted by Crippen LogP contribution is -2.26. The van der Waals surface area contributed by atoms with Gasteiger partial charge in [-0.15, -0.1) is 0 Å². The van der Waals surface area contributed by atoms with Crippen LogP contribution in [0.3, 0.4) is 0 Å². The maximum atomic E-state index is 11.9. The lowest BCUT2D eigenvalue weighted by Gasteiger charge is -2.02. The van der Waals surface area contributed by atoms with E-state index in [1.807, 2.05) is 13.0 Å². The lowest BCUT2D eigenvalue weighted by atomic mass is 10.3. The molecule has 0 aliphatic carbocycles. The number of hydrogen-bond donors (Lipinski definition) is 2. The number of aromatic nitrogens is 3. The molecule has 2 aromatic rings. The molecule has 0 spiro atoms. The molecule has 2 heterocycles. The van der Waals surface area contributed by atoms with E-state index < -0.39 is 0 Å². The average molecular weight is 233 g/mol. The van der Waals surface area contributed by atoms with E-state index in [2.05, 4.69) is 15.4 Å². The minimum atomic E-state index is -0.161. The molecule has 0 atom stereocenters. The van der Waals surface area contributed by atoms with E-state index in [0.717, 1.165) is 12.1 Å². The highest BCUT2D eigenvalue weighted by atomic mass is 16.1. The molecule has 0 radical (unpaired) electrons. The molecule has 1 amide bonds. The van der Waals surface area contributed by atoms with Crippen molar-refractivity contribution in [2.75, 3.05) is 13.1 Å². The van der Waals surface area contributed by atoms with Gasteiger partial charge in [0, 0.05) is 18.4 Å². The van der Waals surface area contributed by atoms with Crippen molar-refractivity contribution in [3.8, 4) is 0 Å². The number of fused-ring (bicyclic) bond motifs is 1. The first-order valence-electron chi connectivity index (χ1n) is 5.51. The Bertz CT molecular complexity index is 534. The number of aryl methyl sites for hydroxylation is 1. The fourth-order valence-corrected chi connectivity index (χ4v) is 1.52. The van der Waals surface area contributed by atoms with Gasteiger partial charge in [0.15, 0.2) is 5.65 Å². The molecule has 0 aliphatic heterocycles. The van der Waals surface area contributed by atoms with Crippen LogP contribution in [0.5, 0.6) is 0 Å². The monoisotopic (exact) mass is 233 g/mol. The summed E-state index contributed by atoms with van der Waals surface area (Å²) in [6, 6.07) is 1.84. The molecule has 0 saturated carbocycles. The zero-order chi connectivity index (χ0) is 12.3. The van der Waals surface area contributed by atoms with E-state index in [1.54, 1.807) is 10.7 Å². The Morgan fingerprint density at radius 2 is 2.41 bits per heavy atom. The van der Waals surface area contributed by atoms with Gasteiger partial charge in [-0.2, -0.15) is 5.10 Å². The quantitative estimate of drug-likeness (QED) is 0.734. The predicted molar refractivity (Wildman–Crippen MR) is 63.7 cm³/mol. The molecule has 3 N–H and O–H groups in total. The van der Waals surface area contributed by atoms with Crippen LogP contribution >= 0.6 is 0 Å². The van der Waals surface area contributed by atoms with E-state index in [0.29, 0.717) is 24.3 Å².